The van der Waals surface area contributed by atoms with Crippen molar-refractivity contribution in [2.24, 2.45) is 4.99 Å². The minimum absolute atomic E-state index is 0.0429. The molecule has 138 valence electrons. The topological polar surface area (TPSA) is 81.5 Å². The van der Waals surface area contributed by atoms with E-state index in [1.807, 2.05) is 0 Å². The van der Waals surface area contributed by atoms with Gasteiger partial charge in [-0.1, -0.05) is 11.3 Å². The number of nitro benzene ring substituents is 1. The summed E-state index contributed by atoms with van der Waals surface area (Å²) in [7, 11) is 0. The van der Waals surface area contributed by atoms with Crippen LogP contribution in [-0.4, -0.2) is 16.1 Å². The van der Waals surface area contributed by atoms with Gasteiger partial charge in [-0.25, -0.2) is 14.4 Å². The smallest absolute Gasteiger partial charge is 0.269 e. The zero-order chi connectivity index (χ0) is 19.5. The summed E-state index contributed by atoms with van der Waals surface area (Å²) in [5, 5.41) is 11.3. The second-order valence-electron chi connectivity index (χ2n) is 5.78. The van der Waals surface area contributed by atoms with Crippen LogP contribution < -0.4 is 0 Å². The normalized spacial score (nSPS) is 11.2. The van der Waals surface area contributed by atoms with Gasteiger partial charge in [0.2, 0.25) is 5.13 Å². The fourth-order valence-electron chi connectivity index (χ4n) is 2.52. The molecule has 0 unspecified atom stereocenters. The van der Waals surface area contributed by atoms with Crippen LogP contribution >= 0.6 is 11.3 Å². The van der Waals surface area contributed by atoms with Gasteiger partial charge in [0.25, 0.3) is 5.69 Å². The molecule has 0 saturated carbocycles. The summed E-state index contributed by atoms with van der Waals surface area (Å²) in [6.45, 7) is 0. The van der Waals surface area contributed by atoms with E-state index in [9.17, 15) is 14.5 Å². The van der Waals surface area contributed by atoms with Crippen LogP contribution in [0, 0.1) is 15.9 Å². The van der Waals surface area contributed by atoms with Crippen molar-refractivity contribution >= 4 is 28.4 Å². The van der Waals surface area contributed by atoms with Crippen molar-refractivity contribution in [3.8, 4) is 21.8 Å². The summed E-state index contributed by atoms with van der Waals surface area (Å²) < 4.78 is 18.7. The number of nitrogens with zero attached hydrogens (tertiary/aromatic N) is 3. The van der Waals surface area contributed by atoms with Crippen LogP contribution in [0.4, 0.5) is 15.2 Å². The van der Waals surface area contributed by atoms with Gasteiger partial charge in [0.1, 0.15) is 17.3 Å². The molecule has 0 fully saturated rings. The number of rotatable bonds is 5. The van der Waals surface area contributed by atoms with Gasteiger partial charge in [0, 0.05) is 23.9 Å². The Morgan fingerprint density at radius 2 is 1.75 bits per heavy atom. The van der Waals surface area contributed by atoms with Crippen LogP contribution in [0.5, 0.6) is 0 Å². The van der Waals surface area contributed by atoms with Gasteiger partial charge in [-0.3, -0.25) is 10.1 Å². The van der Waals surface area contributed by atoms with E-state index in [0.717, 1.165) is 16.0 Å². The van der Waals surface area contributed by atoms with Crippen molar-refractivity contribution in [1.82, 2.24) is 4.98 Å². The molecule has 0 amide bonds. The number of benzene rings is 2. The van der Waals surface area contributed by atoms with E-state index < -0.39 is 4.92 Å². The quantitative estimate of drug-likeness (QED) is 0.241. The van der Waals surface area contributed by atoms with Crippen molar-refractivity contribution < 1.29 is 13.7 Å². The van der Waals surface area contributed by atoms with Gasteiger partial charge < -0.3 is 4.42 Å². The van der Waals surface area contributed by atoms with E-state index >= 15 is 0 Å². The molecule has 28 heavy (non-hydrogen) atoms. The first-order chi connectivity index (χ1) is 13.6. The molecule has 0 aliphatic rings. The lowest BCUT2D eigenvalue weighted by Crippen LogP contribution is -1.86. The number of aliphatic imine (C=N–C) groups is 1. The van der Waals surface area contributed by atoms with Gasteiger partial charge in [-0.05, 0) is 54.1 Å². The average molecular weight is 393 g/mol. The standard InChI is InChI=1S/C20H12FN3O3S/c21-15-5-1-13(2-6-15)18-10-9-17(27-18)11-22-20-23-12-19(28-20)14-3-7-16(8-4-14)24(25)26/h1-12H/b22-11+. The average Bonchev–Trinajstić information content (AvgIpc) is 3.37. The Morgan fingerprint density at radius 1 is 1.04 bits per heavy atom. The number of thiazole rings is 1. The molecule has 2 heterocycles. The molecule has 0 atom stereocenters. The number of hydrogen-bond acceptors (Lipinski definition) is 6. The first-order valence-corrected chi connectivity index (χ1v) is 9.01. The minimum Gasteiger partial charge on any atom is -0.455 e. The number of aromatic nitrogens is 1. The highest BCUT2D eigenvalue weighted by atomic mass is 32.1. The molecule has 0 radical (unpaired) electrons. The van der Waals surface area contributed by atoms with Crippen molar-refractivity contribution in [1.29, 1.82) is 0 Å². The maximum absolute atomic E-state index is 13.0. The van der Waals surface area contributed by atoms with Crippen molar-refractivity contribution in [2.75, 3.05) is 0 Å². The Hall–Kier alpha value is -3.65. The number of nitro groups is 1. The molecule has 4 aromatic rings. The number of hydrogen-bond donors (Lipinski definition) is 0. The third-order valence-electron chi connectivity index (χ3n) is 3.91. The van der Waals surface area contributed by atoms with Gasteiger partial charge >= 0.3 is 0 Å². The van der Waals surface area contributed by atoms with Crippen molar-refractivity contribution in [2.45, 2.75) is 0 Å². The molecule has 2 aromatic heterocycles. The molecular weight excluding hydrogens is 381 g/mol. The second-order valence-corrected chi connectivity index (χ2v) is 6.79. The predicted octanol–water partition coefficient (Wildman–Crippen LogP) is 5.87. The van der Waals surface area contributed by atoms with E-state index in [2.05, 4.69) is 9.98 Å². The minimum atomic E-state index is -0.435. The third kappa shape index (κ3) is 3.86. The molecule has 4 rings (SSSR count). The van der Waals surface area contributed by atoms with Crippen LogP contribution in [0.2, 0.25) is 0 Å². The van der Waals surface area contributed by atoms with Crippen LogP contribution in [0.25, 0.3) is 21.8 Å². The predicted molar refractivity (Wildman–Crippen MR) is 106 cm³/mol. The highest BCUT2D eigenvalue weighted by Crippen LogP contribution is 2.31. The Balaban J connectivity index is 1.48. The summed E-state index contributed by atoms with van der Waals surface area (Å²) in [6, 6.07) is 15.9. The van der Waals surface area contributed by atoms with E-state index in [-0.39, 0.29) is 11.5 Å². The first-order valence-electron chi connectivity index (χ1n) is 8.19. The maximum Gasteiger partial charge on any atom is 0.269 e. The third-order valence-corrected chi connectivity index (χ3v) is 4.87. The Bertz CT molecular complexity index is 1150. The maximum atomic E-state index is 13.0. The fourth-order valence-corrected chi connectivity index (χ4v) is 3.28. The van der Waals surface area contributed by atoms with Gasteiger partial charge in [0.05, 0.1) is 16.0 Å². The molecule has 0 aliphatic heterocycles. The largest absolute Gasteiger partial charge is 0.455 e. The lowest BCUT2D eigenvalue weighted by molar-refractivity contribution is -0.384. The first kappa shape index (κ1) is 17.7. The molecule has 0 bridgehead atoms. The SMILES string of the molecule is O=[N+]([O-])c1ccc(-c2cnc(/N=C/c3ccc(-c4ccc(F)cc4)o3)s2)cc1. The summed E-state index contributed by atoms with van der Waals surface area (Å²) in [4.78, 5) is 19.7. The number of halogens is 1. The Kier molecular flexibility index (Phi) is 4.77. The van der Waals surface area contributed by atoms with Crippen molar-refractivity contribution in [3.63, 3.8) is 0 Å². The molecular formula is C20H12FN3O3S. The molecule has 0 N–H and O–H groups in total. The summed E-state index contributed by atoms with van der Waals surface area (Å²) in [6.07, 6.45) is 3.23. The van der Waals surface area contributed by atoms with Crippen molar-refractivity contribution in [3.05, 3.63) is 88.6 Å². The molecule has 8 heteroatoms. The molecule has 0 saturated heterocycles. The van der Waals surface area contributed by atoms with Gasteiger partial charge in [-0.15, -0.1) is 0 Å². The van der Waals surface area contributed by atoms with Crippen LogP contribution in [0.15, 0.2) is 76.3 Å². The molecule has 6 nitrogen and oxygen atoms in total. The van der Waals surface area contributed by atoms with Crippen LogP contribution in [-0.2, 0) is 0 Å². The van der Waals surface area contributed by atoms with E-state index in [0.29, 0.717) is 16.7 Å². The van der Waals surface area contributed by atoms with Crippen LogP contribution in [0.3, 0.4) is 0 Å². The Labute approximate surface area is 162 Å². The van der Waals surface area contributed by atoms with Gasteiger partial charge in [-0.2, -0.15) is 0 Å². The van der Waals surface area contributed by atoms with E-state index in [4.69, 9.17) is 4.42 Å². The molecule has 0 aliphatic carbocycles. The highest BCUT2D eigenvalue weighted by Gasteiger charge is 2.08. The lowest BCUT2D eigenvalue weighted by atomic mass is 10.2. The summed E-state index contributed by atoms with van der Waals surface area (Å²) in [5.74, 6) is 0.864. The van der Waals surface area contributed by atoms with E-state index in [1.165, 1.54) is 35.6 Å². The molecule has 2 aromatic carbocycles. The van der Waals surface area contributed by atoms with Gasteiger partial charge in [0.15, 0.2) is 0 Å². The summed E-state index contributed by atoms with van der Waals surface area (Å²) >= 11 is 1.36. The lowest BCUT2D eigenvalue weighted by Gasteiger charge is -1.95. The monoisotopic (exact) mass is 393 g/mol. The van der Waals surface area contributed by atoms with E-state index in [1.54, 1.807) is 48.8 Å². The highest BCUT2D eigenvalue weighted by molar-refractivity contribution is 7.18. The fraction of sp³-hybridized carbons (Fsp3) is 0. The second kappa shape index (κ2) is 7.53. The molecule has 0 spiro atoms. The zero-order valence-electron chi connectivity index (χ0n) is 14.3. The Morgan fingerprint density at radius 3 is 2.46 bits per heavy atom. The number of furan rings is 1. The zero-order valence-corrected chi connectivity index (χ0v) is 15.1. The number of non-ortho nitro benzene ring substituents is 1. The van der Waals surface area contributed by atoms with Crippen LogP contribution in [0.1, 0.15) is 5.76 Å². The summed E-state index contributed by atoms with van der Waals surface area (Å²) in [5.41, 5.74) is 1.65.